The van der Waals surface area contributed by atoms with Crippen LogP contribution in [0.3, 0.4) is 0 Å². The first-order valence-electron chi connectivity index (χ1n) is 5.25. The van der Waals surface area contributed by atoms with Crippen molar-refractivity contribution in [3.63, 3.8) is 0 Å². The first-order valence-corrected chi connectivity index (χ1v) is 5.25. The van der Waals surface area contributed by atoms with Crippen molar-refractivity contribution in [2.75, 3.05) is 17.7 Å². The fraction of sp³-hybridized carbons (Fsp3) is 0.333. The molecular formula is C12H16N2O3. The number of anilines is 2. The van der Waals surface area contributed by atoms with Crippen molar-refractivity contribution in [1.82, 2.24) is 0 Å². The van der Waals surface area contributed by atoms with Crippen LogP contribution in [0, 0.1) is 5.92 Å². The monoisotopic (exact) mass is 236 g/mol. The average molecular weight is 236 g/mol. The Morgan fingerprint density at radius 1 is 1.35 bits per heavy atom. The van der Waals surface area contributed by atoms with E-state index in [1.807, 2.05) is 0 Å². The standard InChI is InChI=1S/C12H16N2O3/c1-7(2)11(15)14(3)10-5-4-8(12(16)17)6-9(10)13/h4-7H,13H2,1-3H3,(H,16,17). The number of carboxylic acids is 1. The van der Waals surface area contributed by atoms with E-state index in [0.29, 0.717) is 5.69 Å². The summed E-state index contributed by atoms with van der Waals surface area (Å²) in [6, 6.07) is 4.32. The lowest BCUT2D eigenvalue weighted by Crippen LogP contribution is -2.30. The number of amides is 1. The first kappa shape index (κ1) is 13.0. The van der Waals surface area contributed by atoms with Gasteiger partial charge in [0.05, 0.1) is 16.9 Å². The van der Waals surface area contributed by atoms with Gasteiger partial charge >= 0.3 is 5.97 Å². The lowest BCUT2D eigenvalue weighted by atomic mass is 10.1. The number of carbonyl (C=O) groups is 2. The van der Waals surface area contributed by atoms with Crippen LogP contribution >= 0.6 is 0 Å². The topological polar surface area (TPSA) is 83.6 Å². The quantitative estimate of drug-likeness (QED) is 0.780. The highest BCUT2D eigenvalue weighted by Gasteiger charge is 2.17. The molecule has 0 saturated heterocycles. The van der Waals surface area contributed by atoms with Gasteiger partial charge in [-0.05, 0) is 18.2 Å². The summed E-state index contributed by atoms with van der Waals surface area (Å²) in [5.41, 5.74) is 6.65. The third-order valence-electron chi connectivity index (χ3n) is 2.46. The van der Waals surface area contributed by atoms with Crippen molar-refractivity contribution < 1.29 is 14.7 Å². The number of carboxylic acid groups (broad SMARTS) is 1. The smallest absolute Gasteiger partial charge is 0.335 e. The fourth-order valence-electron chi connectivity index (χ4n) is 1.50. The van der Waals surface area contributed by atoms with E-state index < -0.39 is 5.97 Å². The maximum absolute atomic E-state index is 11.8. The summed E-state index contributed by atoms with van der Waals surface area (Å²) in [4.78, 5) is 23.9. The molecule has 0 fully saturated rings. The minimum Gasteiger partial charge on any atom is -0.478 e. The molecule has 0 heterocycles. The highest BCUT2D eigenvalue weighted by atomic mass is 16.4. The van der Waals surface area contributed by atoms with Gasteiger partial charge in [0, 0.05) is 13.0 Å². The molecule has 0 aliphatic rings. The van der Waals surface area contributed by atoms with Gasteiger partial charge in [0.25, 0.3) is 0 Å². The van der Waals surface area contributed by atoms with Crippen LogP contribution in [0.25, 0.3) is 0 Å². The summed E-state index contributed by atoms with van der Waals surface area (Å²) in [5.74, 6) is -1.25. The summed E-state index contributed by atoms with van der Waals surface area (Å²) >= 11 is 0. The second-order valence-electron chi connectivity index (χ2n) is 4.13. The van der Waals surface area contributed by atoms with Crippen molar-refractivity contribution in [1.29, 1.82) is 0 Å². The number of rotatable bonds is 3. The average Bonchev–Trinajstić information content (AvgIpc) is 2.26. The molecule has 0 aliphatic heterocycles. The van der Waals surface area contributed by atoms with E-state index >= 15 is 0 Å². The lowest BCUT2D eigenvalue weighted by molar-refractivity contribution is -0.121. The van der Waals surface area contributed by atoms with Gasteiger partial charge in [0.15, 0.2) is 0 Å². The second kappa shape index (κ2) is 4.86. The van der Waals surface area contributed by atoms with E-state index in [9.17, 15) is 9.59 Å². The third kappa shape index (κ3) is 2.75. The Morgan fingerprint density at radius 2 is 1.94 bits per heavy atom. The van der Waals surface area contributed by atoms with Gasteiger partial charge in [-0.25, -0.2) is 4.79 Å². The predicted molar refractivity (Wildman–Crippen MR) is 66.1 cm³/mol. The molecule has 0 spiro atoms. The van der Waals surface area contributed by atoms with Gasteiger partial charge in [-0.1, -0.05) is 13.8 Å². The van der Waals surface area contributed by atoms with E-state index in [4.69, 9.17) is 10.8 Å². The first-order chi connectivity index (χ1) is 7.84. The molecule has 0 atom stereocenters. The van der Waals surface area contributed by atoms with Crippen LogP contribution in [-0.4, -0.2) is 24.0 Å². The van der Waals surface area contributed by atoms with Crippen molar-refractivity contribution in [3.05, 3.63) is 23.8 Å². The number of nitrogens with zero attached hydrogens (tertiary/aromatic N) is 1. The molecule has 1 amide bonds. The van der Waals surface area contributed by atoms with E-state index in [-0.39, 0.29) is 23.1 Å². The largest absolute Gasteiger partial charge is 0.478 e. The summed E-state index contributed by atoms with van der Waals surface area (Å²) in [7, 11) is 1.62. The van der Waals surface area contributed by atoms with Crippen molar-refractivity contribution in [2.24, 2.45) is 5.92 Å². The Bertz CT molecular complexity index is 455. The molecule has 0 unspecified atom stereocenters. The molecule has 17 heavy (non-hydrogen) atoms. The number of aromatic carboxylic acids is 1. The third-order valence-corrected chi connectivity index (χ3v) is 2.46. The van der Waals surface area contributed by atoms with Crippen LogP contribution in [0.5, 0.6) is 0 Å². The van der Waals surface area contributed by atoms with Crippen LogP contribution in [0.4, 0.5) is 11.4 Å². The summed E-state index contributed by atoms with van der Waals surface area (Å²) in [6.07, 6.45) is 0. The van der Waals surface area contributed by atoms with E-state index in [2.05, 4.69) is 0 Å². The summed E-state index contributed by atoms with van der Waals surface area (Å²) in [5, 5.41) is 8.80. The molecule has 0 saturated carbocycles. The molecule has 1 aromatic rings. The molecule has 1 aromatic carbocycles. The second-order valence-corrected chi connectivity index (χ2v) is 4.13. The zero-order chi connectivity index (χ0) is 13.2. The number of benzene rings is 1. The summed E-state index contributed by atoms with van der Waals surface area (Å²) in [6.45, 7) is 3.58. The van der Waals surface area contributed by atoms with E-state index in [1.54, 1.807) is 27.0 Å². The number of carbonyl (C=O) groups excluding carboxylic acids is 1. The highest BCUT2D eigenvalue weighted by Crippen LogP contribution is 2.24. The van der Waals surface area contributed by atoms with Crippen molar-refractivity contribution >= 4 is 23.3 Å². The van der Waals surface area contributed by atoms with Crippen molar-refractivity contribution in [3.8, 4) is 0 Å². The van der Waals surface area contributed by atoms with Crippen LogP contribution < -0.4 is 10.6 Å². The van der Waals surface area contributed by atoms with Crippen LogP contribution in [0.2, 0.25) is 0 Å². The minimum absolute atomic E-state index is 0.0697. The predicted octanol–water partition coefficient (Wildman–Crippen LogP) is 1.59. The molecule has 1 rings (SSSR count). The molecule has 3 N–H and O–H groups in total. The normalized spacial score (nSPS) is 10.4. The molecule has 0 aromatic heterocycles. The lowest BCUT2D eigenvalue weighted by Gasteiger charge is -2.21. The van der Waals surface area contributed by atoms with Gasteiger partial charge < -0.3 is 15.7 Å². The van der Waals surface area contributed by atoms with Gasteiger partial charge in [0.1, 0.15) is 0 Å². The van der Waals surface area contributed by atoms with Crippen LogP contribution in [0.15, 0.2) is 18.2 Å². The summed E-state index contributed by atoms with van der Waals surface area (Å²) < 4.78 is 0. The number of nitrogen functional groups attached to an aromatic ring is 1. The SMILES string of the molecule is CC(C)C(=O)N(C)c1ccc(C(=O)O)cc1N. The van der Waals surface area contributed by atoms with Crippen molar-refractivity contribution in [2.45, 2.75) is 13.8 Å². The highest BCUT2D eigenvalue weighted by molar-refractivity contribution is 5.98. The van der Waals surface area contributed by atoms with Gasteiger partial charge in [-0.2, -0.15) is 0 Å². The number of nitrogens with two attached hydrogens (primary N) is 1. The zero-order valence-corrected chi connectivity index (χ0v) is 10.1. The maximum atomic E-state index is 11.8. The molecule has 5 nitrogen and oxygen atoms in total. The fourth-order valence-corrected chi connectivity index (χ4v) is 1.50. The molecule has 0 bridgehead atoms. The van der Waals surface area contributed by atoms with Gasteiger partial charge in [-0.15, -0.1) is 0 Å². The van der Waals surface area contributed by atoms with Crippen LogP contribution in [0.1, 0.15) is 24.2 Å². The molecule has 0 radical (unpaired) electrons. The molecule has 92 valence electrons. The Kier molecular flexibility index (Phi) is 3.73. The van der Waals surface area contributed by atoms with Gasteiger partial charge in [-0.3, -0.25) is 4.79 Å². The Labute approximate surface area is 99.8 Å². The number of hydrogen-bond acceptors (Lipinski definition) is 3. The molecular weight excluding hydrogens is 220 g/mol. The van der Waals surface area contributed by atoms with E-state index in [0.717, 1.165) is 0 Å². The van der Waals surface area contributed by atoms with Crippen LogP contribution in [-0.2, 0) is 4.79 Å². The Hall–Kier alpha value is -2.04. The van der Waals surface area contributed by atoms with Gasteiger partial charge in [0.2, 0.25) is 5.91 Å². The maximum Gasteiger partial charge on any atom is 0.335 e. The zero-order valence-electron chi connectivity index (χ0n) is 10.1. The molecule has 0 aliphatic carbocycles. The molecule has 5 heteroatoms. The van der Waals surface area contributed by atoms with E-state index in [1.165, 1.54) is 17.0 Å². The minimum atomic E-state index is -1.04. The number of hydrogen-bond donors (Lipinski definition) is 2. The Morgan fingerprint density at radius 3 is 2.35 bits per heavy atom. The Balaban J connectivity index is 3.08.